The molecular formula is C20H21N3O4. The van der Waals surface area contributed by atoms with Crippen molar-refractivity contribution in [3.8, 4) is 0 Å². The van der Waals surface area contributed by atoms with Crippen LogP contribution in [0.25, 0.3) is 0 Å². The number of anilines is 1. The van der Waals surface area contributed by atoms with E-state index in [1.807, 2.05) is 30.3 Å². The zero-order valence-electron chi connectivity index (χ0n) is 14.7. The molecule has 1 aliphatic heterocycles. The van der Waals surface area contributed by atoms with Crippen LogP contribution in [0.5, 0.6) is 0 Å². The monoisotopic (exact) mass is 367 g/mol. The summed E-state index contributed by atoms with van der Waals surface area (Å²) in [5.74, 6) is -1.14. The molecule has 3 rings (SSSR count). The number of urea groups is 1. The molecular weight excluding hydrogens is 346 g/mol. The van der Waals surface area contributed by atoms with Gasteiger partial charge >= 0.3 is 12.0 Å². The Morgan fingerprint density at radius 3 is 2.07 bits per heavy atom. The number of benzene rings is 2. The highest BCUT2D eigenvalue weighted by molar-refractivity contribution is 5.96. The summed E-state index contributed by atoms with van der Waals surface area (Å²) in [7, 11) is 0. The second-order valence-corrected chi connectivity index (χ2v) is 6.41. The lowest BCUT2D eigenvalue weighted by Crippen LogP contribution is -2.47. The van der Waals surface area contributed by atoms with Gasteiger partial charge in [0, 0.05) is 30.4 Å². The van der Waals surface area contributed by atoms with Crippen molar-refractivity contribution in [2.24, 2.45) is 0 Å². The molecule has 2 aromatic carbocycles. The maximum atomic E-state index is 12.5. The van der Waals surface area contributed by atoms with E-state index in [-0.39, 0.29) is 23.5 Å². The predicted octanol–water partition coefficient (Wildman–Crippen LogP) is 2.81. The van der Waals surface area contributed by atoms with Gasteiger partial charge in [-0.2, -0.15) is 0 Å². The third-order valence-corrected chi connectivity index (χ3v) is 4.53. The fraction of sp³-hybridized carbons (Fsp3) is 0.250. The normalized spacial score (nSPS) is 14.4. The van der Waals surface area contributed by atoms with Crippen molar-refractivity contribution >= 4 is 23.6 Å². The molecule has 0 aliphatic carbocycles. The van der Waals surface area contributed by atoms with Gasteiger partial charge in [0.05, 0.1) is 5.56 Å². The van der Waals surface area contributed by atoms with Crippen LogP contribution in [0.2, 0.25) is 0 Å². The minimum absolute atomic E-state index is 0.00662. The molecule has 0 aromatic heterocycles. The van der Waals surface area contributed by atoms with E-state index in [4.69, 9.17) is 5.11 Å². The molecule has 3 amide bonds. The topological polar surface area (TPSA) is 98.7 Å². The van der Waals surface area contributed by atoms with Gasteiger partial charge in [0.25, 0.3) is 5.91 Å². The van der Waals surface area contributed by atoms with Crippen LogP contribution in [0.4, 0.5) is 10.5 Å². The molecule has 0 unspecified atom stereocenters. The third-order valence-electron chi connectivity index (χ3n) is 4.53. The minimum Gasteiger partial charge on any atom is -0.478 e. The quantitative estimate of drug-likeness (QED) is 0.774. The number of hydrogen-bond acceptors (Lipinski definition) is 3. The van der Waals surface area contributed by atoms with Crippen LogP contribution >= 0.6 is 0 Å². The van der Waals surface area contributed by atoms with Crippen LogP contribution in [0, 0.1) is 0 Å². The lowest BCUT2D eigenvalue weighted by molar-refractivity contribution is 0.0687. The highest BCUT2D eigenvalue weighted by atomic mass is 16.4. The first-order valence-corrected chi connectivity index (χ1v) is 8.78. The first-order valence-electron chi connectivity index (χ1n) is 8.78. The lowest BCUT2D eigenvalue weighted by Gasteiger charge is -2.32. The van der Waals surface area contributed by atoms with Crippen LogP contribution in [-0.4, -0.2) is 47.0 Å². The van der Waals surface area contributed by atoms with Crippen molar-refractivity contribution in [2.75, 3.05) is 18.4 Å². The van der Waals surface area contributed by atoms with Crippen LogP contribution < -0.4 is 10.6 Å². The van der Waals surface area contributed by atoms with Crippen molar-refractivity contribution < 1.29 is 19.5 Å². The number of nitrogens with zero attached hydrogens (tertiary/aromatic N) is 1. The number of carbonyl (C=O) groups is 3. The number of para-hydroxylation sites is 1. The molecule has 0 saturated carbocycles. The molecule has 0 radical (unpaired) electrons. The molecule has 2 aromatic rings. The second-order valence-electron chi connectivity index (χ2n) is 6.41. The van der Waals surface area contributed by atoms with E-state index < -0.39 is 5.97 Å². The van der Waals surface area contributed by atoms with E-state index >= 15 is 0 Å². The number of carboxylic acids is 1. The molecule has 3 N–H and O–H groups in total. The minimum atomic E-state index is -1.02. The van der Waals surface area contributed by atoms with Crippen LogP contribution in [-0.2, 0) is 0 Å². The Bertz CT molecular complexity index is 813. The van der Waals surface area contributed by atoms with E-state index in [1.165, 1.54) is 24.3 Å². The average molecular weight is 367 g/mol. The Balaban J connectivity index is 1.48. The molecule has 7 heteroatoms. The van der Waals surface area contributed by atoms with Gasteiger partial charge in [0.2, 0.25) is 0 Å². The standard InChI is InChI=1S/C20H21N3O4/c24-18(14-6-8-15(9-7-14)19(25)26)23-12-10-17(11-13-23)22-20(27)21-16-4-2-1-3-5-16/h1-9,17H,10-13H2,(H,25,26)(H2,21,22,27). The van der Waals surface area contributed by atoms with E-state index in [9.17, 15) is 14.4 Å². The fourth-order valence-electron chi connectivity index (χ4n) is 3.04. The largest absolute Gasteiger partial charge is 0.478 e. The van der Waals surface area contributed by atoms with Gasteiger partial charge in [-0.3, -0.25) is 4.79 Å². The summed E-state index contributed by atoms with van der Waals surface area (Å²) in [5.41, 5.74) is 1.35. The van der Waals surface area contributed by atoms with E-state index in [0.717, 1.165) is 5.69 Å². The molecule has 1 heterocycles. The van der Waals surface area contributed by atoms with Gasteiger partial charge in [-0.15, -0.1) is 0 Å². The first-order chi connectivity index (χ1) is 13.0. The summed E-state index contributed by atoms with van der Waals surface area (Å²) in [6.07, 6.45) is 1.34. The molecule has 27 heavy (non-hydrogen) atoms. The maximum Gasteiger partial charge on any atom is 0.335 e. The summed E-state index contributed by atoms with van der Waals surface area (Å²) in [6, 6.07) is 14.9. The van der Waals surface area contributed by atoms with Crippen LogP contribution in [0.15, 0.2) is 54.6 Å². The average Bonchev–Trinajstić information content (AvgIpc) is 2.69. The highest BCUT2D eigenvalue weighted by Gasteiger charge is 2.24. The van der Waals surface area contributed by atoms with Gasteiger partial charge < -0.3 is 20.6 Å². The Hall–Kier alpha value is -3.35. The number of carbonyl (C=O) groups excluding carboxylic acids is 2. The maximum absolute atomic E-state index is 12.5. The Labute approximate surface area is 157 Å². The SMILES string of the molecule is O=C(Nc1ccccc1)NC1CCN(C(=O)c2ccc(C(=O)O)cc2)CC1. The van der Waals surface area contributed by atoms with Gasteiger partial charge in [0.15, 0.2) is 0 Å². The summed E-state index contributed by atoms with van der Waals surface area (Å²) >= 11 is 0. The van der Waals surface area contributed by atoms with Gasteiger partial charge in [-0.25, -0.2) is 9.59 Å². The molecule has 7 nitrogen and oxygen atoms in total. The molecule has 0 spiro atoms. The predicted molar refractivity (Wildman–Crippen MR) is 101 cm³/mol. The van der Waals surface area contributed by atoms with Crippen molar-refractivity contribution in [3.63, 3.8) is 0 Å². The lowest BCUT2D eigenvalue weighted by atomic mass is 10.0. The Morgan fingerprint density at radius 2 is 1.48 bits per heavy atom. The first kappa shape index (κ1) is 18.4. The molecule has 0 atom stereocenters. The number of hydrogen-bond donors (Lipinski definition) is 3. The van der Waals surface area contributed by atoms with Crippen molar-refractivity contribution in [1.29, 1.82) is 0 Å². The van der Waals surface area contributed by atoms with Crippen molar-refractivity contribution in [2.45, 2.75) is 18.9 Å². The summed E-state index contributed by atoms with van der Waals surface area (Å²) in [6.45, 7) is 1.07. The third kappa shape index (κ3) is 4.84. The molecule has 0 bridgehead atoms. The fourth-order valence-corrected chi connectivity index (χ4v) is 3.04. The van der Waals surface area contributed by atoms with E-state index in [1.54, 1.807) is 4.90 Å². The Kier molecular flexibility index (Phi) is 5.71. The highest BCUT2D eigenvalue weighted by Crippen LogP contribution is 2.15. The number of aromatic carboxylic acids is 1. The number of rotatable bonds is 4. The summed E-state index contributed by atoms with van der Waals surface area (Å²) in [5, 5.41) is 14.6. The number of likely N-dealkylation sites (tertiary alicyclic amines) is 1. The zero-order chi connectivity index (χ0) is 19.2. The Morgan fingerprint density at radius 1 is 0.889 bits per heavy atom. The van der Waals surface area contributed by atoms with Gasteiger partial charge in [-0.1, -0.05) is 18.2 Å². The second kappa shape index (κ2) is 8.35. The molecule has 1 aliphatic rings. The van der Waals surface area contributed by atoms with Crippen molar-refractivity contribution in [3.05, 3.63) is 65.7 Å². The molecule has 1 fully saturated rings. The smallest absolute Gasteiger partial charge is 0.335 e. The number of carboxylic acid groups (broad SMARTS) is 1. The van der Waals surface area contributed by atoms with Crippen LogP contribution in [0.1, 0.15) is 33.6 Å². The summed E-state index contributed by atoms with van der Waals surface area (Å²) < 4.78 is 0. The number of amides is 3. The van der Waals surface area contributed by atoms with E-state index in [0.29, 0.717) is 31.5 Å². The zero-order valence-corrected chi connectivity index (χ0v) is 14.7. The van der Waals surface area contributed by atoms with Gasteiger partial charge in [0.1, 0.15) is 0 Å². The molecule has 1 saturated heterocycles. The number of piperidine rings is 1. The van der Waals surface area contributed by atoms with E-state index in [2.05, 4.69) is 10.6 Å². The number of nitrogens with one attached hydrogen (secondary N) is 2. The van der Waals surface area contributed by atoms with Crippen molar-refractivity contribution in [1.82, 2.24) is 10.2 Å². The van der Waals surface area contributed by atoms with Crippen LogP contribution in [0.3, 0.4) is 0 Å². The van der Waals surface area contributed by atoms with Gasteiger partial charge in [-0.05, 0) is 49.2 Å². The molecule has 140 valence electrons. The summed E-state index contributed by atoms with van der Waals surface area (Å²) in [4.78, 5) is 37.2.